The predicted octanol–water partition coefficient (Wildman–Crippen LogP) is 4.84. The van der Waals surface area contributed by atoms with E-state index in [1.165, 1.54) is 6.92 Å². The van der Waals surface area contributed by atoms with Gasteiger partial charge in [0.25, 0.3) is 0 Å². The van der Waals surface area contributed by atoms with Crippen molar-refractivity contribution in [2.75, 3.05) is 6.61 Å². The number of carbonyl (C=O) groups excluding carboxylic acids is 2. The smallest absolute Gasteiger partial charge is 0.334 e. The van der Waals surface area contributed by atoms with E-state index < -0.39 is 0 Å². The Hall–Kier alpha value is -2.88. The molecule has 0 N–H and O–H groups in total. The topological polar surface area (TPSA) is 52.6 Å². The second-order valence-electron chi connectivity index (χ2n) is 6.08. The molecule has 0 unspecified atom stereocenters. The van der Waals surface area contributed by atoms with Gasteiger partial charge in [-0.05, 0) is 24.5 Å². The van der Waals surface area contributed by atoms with Crippen molar-refractivity contribution >= 4 is 11.9 Å². The summed E-state index contributed by atoms with van der Waals surface area (Å²) in [6.45, 7) is 9.22. The standard InChI is InChI=1S/C17H14O2.C5H10O2/c1-11(2)17(18)19-16-14-9-5-3-7-12(14)13-8-4-6-10-15(13)16;1-3-4-7-5(2)6/h3-10,16H,1H2,2H3;3-4H2,1-2H3. The normalized spacial score (nSPS) is 11.5. The zero-order chi connectivity index (χ0) is 19.1. The zero-order valence-corrected chi connectivity index (χ0v) is 15.5. The minimum absolute atomic E-state index is 0.193. The molecule has 1 aliphatic carbocycles. The van der Waals surface area contributed by atoms with Gasteiger partial charge in [0, 0.05) is 23.6 Å². The maximum Gasteiger partial charge on any atom is 0.334 e. The summed E-state index contributed by atoms with van der Waals surface area (Å²) < 4.78 is 10.1. The minimum atomic E-state index is -0.350. The molecule has 0 radical (unpaired) electrons. The molecule has 26 heavy (non-hydrogen) atoms. The molecule has 0 saturated carbocycles. The van der Waals surface area contributed by atoms with Gasteiger partial charge in [-0.2, -0.15) is 0 Å². The van der Waals surface area contributed by atoms with Crippen LogP contribution in [-0.2, 0) is 19.1 Å². The van der Waals surface area contributed by atoms with Gasteiger partial charge in [0.2, 0.25) is 0 Å². The van der Waals surface area contributed by atoms with Gasteiger partial charge in [-0.3, -0.25) is 4.79 Å². The third-order valence-corrected chi connectivity index (χ3v) is 3.86. The molecule has 0 aliphatic heterocycles. The van der Waals surface area contributed by atoms with Gasteiger partial charge in [-0.25, -0.2) is 4.79 Å². The Morgan fingerprint density at radius 3 is 1.85 bits per heavy atom. The van der Waals surface area contributed by atoms with E-state index in [1.807, 2.05) is 43.3 Å². The Bertz CT molecular complexity index is 762. The van der Waals surface area contributed by atoms with Crippen LogP contribution in [0.4, 0.5) is 0 Å². The van der Waals surface area contributed by atoms with Gasteiger partial charge < -0.3 is 9.47 Å². The maximum atomic E-state index is 11.8. The van der Waals surface area contributed by atoms with E-state index in [0.29, 0.717) is 12.2 Å². The first-order chi connectivity index (χ1) is 12.5. The van der Waals surface area contributed by atoms with E-state index in [0.717, 1.165) is 28.7 Å². The van der Waals surface area contributed by atoms with Crippen LogP contribution in [0.5, 0.6) is 0 Å². The SMILES string of the molecule is C=C(C)C(=O)OC1c2ccccc2-c2ccccc21.CCCOC(C)=O. The number of rotatable bonds is 4. The van der Waals surface area contributed by atoms with Gasteiger partial charge in [-0.15, -0.1) is 0 Å². The molecular weight excluding hydrogens is 328 g/mol. The molecule has 0 amide bonds. The van der Waals surface area contributed by atoms with Crippen molar-refractivity contribution in [1.29, 1.82) is 0 Å². The van der Waals surface area contributed by atoms with Crippen molar-refractivity contribution < 1.29 is 19.1 Å². The average Bonchev–Trinajstić information content (AvgIpc) is 2.95. The fourth-order valence-electron chi connectivity index (χ4n) is 2.69. The molecule has 0 bridgehead atoms. The van der Waals surface area contributed by atoms with Gasteiger partial charge in [0.1, 0.15) is 0 Å². The Kier molecular flexibility index (Phi) is 6.73. The van der Waals surface area contributed by atoms with Crippen molar-refractivity contribution in [2.24, 2.45) is 0 Å². The summed E-state index contributed by atoms with van der Waals surface area (Å²) in [6.07, 6.45) is 0.580. The molecule has 1 aliphatic rings. The van der Waals surface area contributed by atoms with Gasteiger partial charge in [0.05, 0.1) is 6.61 Å². The molecular formula is C22H24O4. The lowest BCUT2D eigenvalue weighted by molar-refractivity contribution is -0.142. The van der Waals surface area contributed by atoms with E-state index in [1.54, 1.807) is 6.92 Å². The Morgan fingerprint density at radius 2 is 1.46 bits per heavy atom. The van der Waals surface area contributed by atoms with E-state index in [4.69, 9.17) is 4.74 Å². The van der Waals surface area contributed by atoms with Gasteiger partial charge in [-0.1, -0.05) is 62.0 Å². The van der Waals surface area contributed by atoms with Crippen molar-refractivity contribution in [2.45, 2.75) is 33.3 Å². The van der Waals surface area contributed by atoms with Crippen LogP contribution in [0, 0.1) is 0 Å². The Labute approximate surface area is 154 Å². The lowest BCUT2D eigenvalue weighted by atomic mass is 10.1. The molecule has 4 heteroatoms. The third kappa shape index (κ3) is 4.60. The lowest BCUT2D eigenvalue weighted by Gasteiger charge is -2.14. The summed E-state index contributed by atoms with van der Waals surface area (Å²) in [5, 5.41) is 0. The summed E-state index contributed by atoms with van der Waals surface area (Å²) in [5.74, 6) is -0.543. The highest BCUT2D eigenvalue weighted by molar-refractivity contribution is 5.88. The molecule has 0 saturated heterocycles. The van der Waals surface area contributed by atoms with Crippen LogP contribution in [0.1, 0.15) is 44.4 Å². The average molecular weight is 352 g/mol. The van der Waals surface area contributed by atoms with Crippen LogP contribution in [0.15, 0.2) is 60.7 Å². The first kappa shape index (κ1) is 19.4. The highest BCUT2D eigenvalue weighted by Gasteiger charge is 2.30. The molecule has 3 rings (SSSR count). The number of benzene rings is 2. The first-order valence-electron chi connectivity index (χ1n) is 8.63. The third-order valence-electron chi connectivity index (χ3n) is 3.86. The highest BCUT2D eigenvalue weighted by atomic mass is 16.5. The summed E-state index contributed by atoms with van der Waals surface area (Å²) >= 11 is 0. The lowest BCUT2D eigenvalue weighted by Crippen LogP contribution is -2.10. The van der Waals surface area contributed by atoms with Crippen molar-refractivity contribution in [3.63, 3.8) is 0 Å². The van der Waals surface area contributed by atoms with Gasteiger partial charge >= 0.3 is 11.9 Å². The monoisotopic (exact) mass is 352 g/mol. The second kappa shape index (κ2) is 8.99. The van der Waals surface area contributed by atoms with Crippen LogP contribution in [0.25, 0.3) is 11.1 Å². The van der Waals surface area contributed by atoms with E-state index in [2.05, 4.69) is 23.4 Å². The fourth-order valence-corrected chi connectivity index (χ4v) is 2.69. The van der Waals surface area contributed by atoms with Crippen molar-refractivity contribution in [1.82, 2.24) is 0 Å². The number of hydrogen-bond acceptors (Lipinski definition) is 4. The zero-order valence-electron chi connectivity index (χ0n) is 15.5. The van der Waals surface area contributed by atoms with Crippen molar-refractivity contribution in [3.05, 3.63) is 71.8 Å². The minimum Gasteiger partial charge on any atom is -0.466 e. The van der Waals surface area contributed by atoms with E-state index >= 15 is 0 Å². The first-order valence-corrected chi connectivity index (χ1v) is 8.63. The Balaban J connectivity index is 0.000000298. The number of hydrogen-bond donors (Lipinski definition) is 0. The van der Waals surface area contributed by atoms with E-state index in [-0.39, 0.29) is 18.0 Å². The molecule has 0 atom stereocenters. The molecule has 4 nitrogen and oxygen atoms in total. The fraction of sp³-hybridized carbons (Fsp3) is 0.273. The highest BCUT2D eigenvalue weighted by Crippen LogP contribution is 2.45. The van der Waals surface area contributed by atoms with Crippen LogP contribution in [-0.4, -0.2) is 18.5 Å². The molecule has 0 aromatic heterocycles. The number of fused-ring (bicyclic) bond motifs is 3. The molecule has 0 fully saturated rings. The molecule has 136 valence electrons. The van der Waals surface area contributed by atoms with Crippen LogP contribution < -0.4 is 0 Å². The van der Waals surface area contributed by atoms with E-state index in [9.17, 15) is 9.59 Å². The number of esters is 2. The van der Waals surface area contributed by atoms with Gasteiger partial charge in [0.15, 0.2) is 6.10 Å². The predicted molar refractivity (Wildman–Crippen MR) is 102 cm³/mol. The number of ether oxygens (including phenoxy) is 2. The Morgan fingerprint density at radius 1 is 0.962 bits per heavy atom. The van der Waals surface area contributed by atoms with Crippen molar-refractivity contribution in [3.8, 4) is 11.1 Å². The second-order valence-corrected chi connectivity index (χ2v) is 6.08. The molecule has 2 aromatic carbocycles. The quantitative estimate of drug-likeness (QED) is 0.584. The van der Waals surface area contributed by atoms with Crippen LogP contribution in [0.2, 0.25) is 0 Å². The van der Waals surface area contributed by atoms with Crippen LogP contribution in [0.3, 0.4) is 0 Å². The molecule has 0 spiro atoms. The summed E-state index contributed by atoms with van der Waals surface area (Å²) in [7, 11) is 0. The summed E-state index contributed by atoms with van der Waals surface area (Å²) in [5.41, 5.74) is 4.77. The van der Waals surface area contributed by atoms with Crippen LogP contribution >= 0.6 is 0 Å². The number of carbonyl (C=O) groups is 2. The largest absolute Gasteiger partial charge is 0.466 e. The molecule has 2 aromatic rings. The molecule has 0 heterocycles. The summed E-state index contributed by atoms with van der Waals surface area (Å²) in [6, 6.07) is 16.1. The maximum absolute atomic E-state index is 11.8. The summed E-state index contributed by atoms with van der Waals surface area (Å²) in [4.78, 5) is 21.8.